The molecule has 0 saturated carbocycles. The normalized spacial score (nSPS) is 10.5. The minimum atomic E-state index is -0.558. The fourth-order valence-electron chi connectivity index (χ4n) is 1.63. The van der Waals surface area contributed by atoms with Gasteiger partial charge in [0, 0.05) is 28.5 Å². The SMILES string of the molecule is Nc1cccc(OCCCSc2ccc(F)cc2F)c1. The van der Waals surface area contributed by atoms with E-state index < -0.39 is 11.6 Å². The highest BCUT2D eigenvalue weighted by atomic mass is 32.2. The standard InChI is InChI=1S/C15H15F2NOS/c16-11-5-6-15(14(17)9-11)20-8-2-7-19-13-4-1-3-12(18)10-13/h1,3-6,9-10H,2,7-8,18H2. The largest absolute Gasteiger partial charge is 0.493 e. The molecule has 2 aromatic rings. The Morgan fingerprint density at radius 3 is 2.70 bits per heavy atom. The molecule has 0 aliphatic rings. The van der Waals surface area contributed by atoms with Crippen molar-refractivity contribution in [1.29, 1.82) is 0 Å². The van der Waals surface area contributed by atoms with Crippen LogP contribution in [0.2, 0.25) is 0 Å². The summed E-state index contributed by atoms with van der Waals surface area (Å²) in [7, 11) is 0. The second-order valence-electron chi connectivity index (χ2n) is 4.20. The van der Waals surface area contributed by atoms with Gasteiger partial charge in [0.2, 0.25) is 0 Å². The van der Waals surface area contributed by atoms with Crippen LogP contribution in [0.5, 0.6) is 5.75 Å². The molecule has 2 N–H and O–H groups in total. The quantitative estimate of drug-likeness (QED) is 0.495. The van der Waals surface area contributed by atoms with Crippen molar-refractivity contribution in [3.05, 3.63) is 54.1 Å². The van der Waals surface area contributed by atoms with Crippen molar-refractivity contribution in [2.24, 2.45) is 0 Å². The summed E-state index contributed by atoms with van der Waals surface area (Å²) in [5.74, 6) is 0.344. The zero-order valence-electron chi connectivity index (χ0n) is 10.8. The molecule has 0 heterocycles. The van der Waals surface area contributed by atoms with Crippen LogP contribution in [-0.4, -0.2) is 12.4 Å². The average molecular weight is 295 g/mol. The van der Waals surface area contributed by atoms with Gasteiger partial charge < -0.3 is 10.5 Å². The van der Waals surface area contributed by atoms with E-state index in [0.717, 1.165) is 18.2 Å². The van der Waals surface area contributed by atoms with E-state index in [2.05, 4.69) is 0 Å². The monoisotopic (exact) mass is 295 g/mol. The maximum Gasteiger partial charge on any atom is 0.139 e. The van der Waals surface area contributed by atoms with Crippen molar-refractivity contribution in [2.45, 2.75) is 11.3 Å². The summed E-state index contributed by atoms with van der Waals surface area (Å²) < 4.78 is 31.6. The Balaban J connectivity index is 1.71. The molecule has 2 aromatic carbocycles. The van der Waals surface area contributed by atoms with Crippen molar-refractivity contribution in [3.63, 3.8) is 0 Å². The minimum Gasteiger partial charge on any atom is -0.493 e. The van der Waals surface area contributed by atoms with E-state index in [4.69, 9.17) is 10.5 Å². The highest BCUT2D eigenvalue weighted by molar-refractivity contribution is 7.99. The Bertz CT molecular complexity index is 578. The molecule has 5 heteroatoms. The van der Waals surface area contributed by atoms with E-state index in [1.54, 1.807) is 12.1 Å². The lowest BCUT2D eigenvalue weighted by Crippen LogP contribution is -1.99. The van der Waals surface area contributed by atoms with Gasteiger partial charge in [0.15, 0.2) is 0 Å². The van der Waals surface area contributed by atoms with Crippen LogP contribution in [0.25, 0.3) is 0 Å². The lowest BCUT2D eigenvalue weighted by atomic mass is 10.3. The Labute approximate surface area is 120 Å². The van der Waals surface area contributed by atoms with E-state index in [9.17, 15) is 8.78 Å². The molecule has 0 amide bonds. The van der Waals surface area contributed by atoms with Gasteiger partial charge in [0.05, 0.1) is 6.61 Å². The second kappa shape index (κ2) is 7.14. The first kappa shape index (κ1) is 14.7. The average Bonchev–Trinajstić information content (AvgIpc) is 2.41. The predicted molar refractivity (Wildman–Crippen MR) is 78.0 cm³/mol. The zero-order chi connectivity index (χ0) is 14.4. The third kappa shape index (κ3) is 4.42. The van der Waals surface area contributed by atoms with Crippen LogP contribution < -0.4 is 10.5 Å². The number of hydrogen-bond donors (Lipinski definition) is 1. The summed E-state index contributed by atoms with van der Waals surface area (Å²) >= 11 is 1.35. The van der Waals surface area contributed by atoms with Crippen LogP contribution in [0.3, 0.4) is 0 Å². The van der Waals surface area contributed by atoms with E-state index in [0.29, 0.717) is 22.9 Å². The number of nitrogen functional groups attached to an aromatic ring is 1. The zero-order valence-corrected chi connectivity index (χ0v) is 11.6. The molecule has 20 heavy (non-hydrogen) atoms. The summed E-state index contributed by atoms with van der Waals surface area (Å²) in [6, 6.07) is 10.8. The number of anilines is 1. The van der Waals surface area contributed by atoms with Crippen LogP contribution in [0.4, 0.5) is 14.5 Å². The van der Waals surface area contributed by atoms with Crippen LogP contribution in [0.15, 0.2) is 47.4 Å². The van der Waals surface area contributed by atoms with Crippen molar-refractivity contribution >= 4 is 17.4 Å². The summed E-state index contributed by atoms with van der Waals surface area (Å²) in [4.78, 5) is 0.454. The van der Waals surface area contributed by atoms with Gasteiger partial charge >= 0.3 is 0 Å². The summed E-state index contributed by atoms with van der Waals surface area (Å²) in [6.07, 6.45) is 0.760. The lowest BCUT2D eigenvalue weighted by molar-refractivity contribution is 0.319. The molecule has 0 atom stereocenters. The van der Waals surface area contributed by atoms with Gasteiger partial charge in [-0.15, -0.1) is 11.8 Å². The number of benzene rings is 2. The van der Waals surface area contributed by atoms with Crippen LogP contribution in [0.1, 0.15) is 6.42 Å². The summed E-state index contributed by atoms with van der Waals surface area (Å²) in [6.45, 7) is 0.527. The van der Waals surface area contributed by atoms with Gasteiger partial charge in [-0.1, -0.05) is 6.07 Å². The van der Waals surface area contributed by atoms with Gasteiger partial charge in [-0.25, -0.2) is 8.78 Å². The maximum atomic E-state index is 13.4. The van der Waals surface area contributed by atoms with E-state index in [1.807, 2.05) is 12.1 Å². The maximum absolute atomic E-state index is 13.4. The molecule has 0 aliphatic heterocycles. The van der Waals surface area contributed by atoms with Crippen LogP contribution >= 0.6 is 11.8 Å². The molecular weight excluding hydrogens is 280 g/mol. The Morgan fingerprint density at radius 1 is 1.10 bits per heavy atom. The molecule has 0 saturated heterocycles. The van der Waals surface area contributed by atoms with Gasteiger partial charge in [-0.05, 0) is 30.7 Å². The fourth-order valence-corrected chi connectivity index (χ4v) is 2.47. The topological polar surface area (TPSA) is 35.2 Å². The minimum absolute atomic E-state index is 0.454. The highest BCUT2D eigenvalue weighted by Gasteiger charge is 2.04. The van der Waals surface area contributed by atoms with Crippen molar-refractivity contribution in [3.8, 4) is 5.75 Å². The van der Waals surface area contributed by atoms with Crippen LogP contribution in [-0.2, 0) is 0 Å². The molecule has 0 unspecified atom stereocenters. The van der Waals surface area contributed by atoms with E-state index in [-0.39, 0.29) is 0 Å². The Kier molecular flexibility index (Phi) is 5.24. The third-order valence-electron chi connectivity index (χ3n) is 2.57. The van der Waals surface area contributed by atoms with Gasteiger partial charge in [0.1, 0.15) is 17.4 Å². The molecular formula is C15H15F2NOS. The van der Waals surface area contributed by atoms with Crippen molar-refractivity contribution in [2.75, 3.05) is 18.1 Å². The van der Waals surface area contributed by atoms with Crippen LogP contribution in [0, 0.1) is 11.6 Å². The van der Waals surface area contributed by atoms with Gasteiger partial charge in [-0.2, -0.15) is 0 Å². The summed E-state index contributed by atoms with van der Waals surface area (Å²) in [5.41, 5.74) is 6.30. The van der Waals surface area contributed by atoms with Crippen molar-refractivity contribution in [1.82, 2.24) is 0 Å². The van der Waals surface area contributed by atoms with E-state index >= 15 is 0 Å². The highest BCUT2D eigenvalue weighted by Crippen LogP contribution is 2.23. The Morgan fingerprint density at radius 2 is 1.95 bits per heavy atom. The lowest BCUT2D eigenvalue weighted by Gasteiger charge is -2.07. The summed E-state index contributed by atoms with van der Waals surface area (Å²) in [5, 5.41) is 0. The molecule has 0 aliphatic carbocycles. The number of hydrogen-bond acceptors (Lipinski definition) is 3. The molecule has 0 spiro atoms. The number of ether oxygens (including phenoxy) is 1. The molecule has 0 fully saturated rings. The first-order chi connectivity index (χ1) is 9.65. The number of thioether (sulfide) groups is 1. The van der Waals surface area contributed by atoms with Gasteiger partial charge in [0.25, 0.3) is 0 Å². The first-order valence-corrected chi connectivity index (χ1v) is 7.20. The van der Waals surface area contributed by atoms with E-state index in [1.165, 1.54) is 23.9 Å². The fraction of sp³-hybridized carbons (Fsp3) is 0.200. The number of rotatable bonds is 6. The smallest absolute Gasteiger partial charge is 0.139 e. The molecule has 106 valence electrons. The second-order valence-corrected chi connectivity index (χ2v) is 5.33. The molecule has 0 radical (unpaired) electrons. The number of nitrogens with two attached hydrogens (primary N) is 1. The Hall–Kier alpha value is -1.75. The predicted octanol–water partition coefficient (Wildman–Crippen LogP) is 4.11. The number of halogens is 2. The third-order valence-corrected chi connectivity index (χ3v) is 3.70. The molecule has 0 bridgehead atoms. The molecule has 0 aromatic heterocycles. The van der Waals surface area contributed by atoms with Gasteiger partial charge in [-0.3, -0.25) is 0 Å². The van der Waals surface area contributed by atoms with Crippen molar-refractivity contribution < 1.29 is 13.5 Å². The molecule has 2 nitrogen and oxygen atoms in total. The molecule has 2 rings (SSSR count). The first-order valence-electron chi connectivity index (χ1n) is 6.21.